The summed E-state index contributed by atoms with van der Waals surface area (Å²) in [6.07, 6.45) is 1.99. The fraction of sp³-hybridized carbons (Fsp3) is 0.600. The van der Waals surface area contributed by atoms with Crippen LogP contribution in [-0.2, 0) is 0 Å². The van der Waals surface area contributed by atoms with Crippen molar-refractivity contribution in [3.05, 3.63) is 17.9 Å². The molecule has 19 heavy (non-hydrogen) atoms. The van der Waals surface area contributed by atoms with Gasteiger partial charge in [-0.05, 0) is 26.7 Å². The van der Waals surface area contributed by atoms with Crippen molar-refractivity contribution < 1.29 is 9.13 Å². The van der Waals surface area contributed by atoms with Crippen molar-refractivity contribution in [3.8, 4) is 5.75 Å². The second kappa shape index (κ2) is 7.22. The van der Waals surface area contributed by atoms with Gasteiger partial charge in [-0.15, -0.1) is 0 Å². The van der Waals surface area contributed by atoms with Crippen LogP contribution in [-0.4, -0.2) is 19.2 Å². The highest BCUT2D eigenvalue weighted by Crippen LogP contribution is 2.32. The van der Waals surface area contributed by atoms with E-state index in [1.54, 1.807) is 6.07 Å². The summed E-state index contributed by atoms with van der Waals surface area (Å²) >= 11 is 0. The third-order valence-corrected chi connectivity index (χ3v) is 2.77. The monoisotopic (exact) mass is 268 g/mol. The summed E-state index contributed by atoms with van der Waals surface area (Å²) in [6, 6.07) is 3.07. The van der Waals surface area contributed by atoms with E-state index >= 15 is 0 Å². The lowest BCUT2D eigenvalue weighted by Crippen LogP contribution is -2.26. The first-order chi connectivity index (χ1) is 8.99. The first-order valence-electron chi connectivity index (χ1n) is 7.00. The second-order valence-electron chi connectivity index (χ2n) is 5.00. The lowest BCUT2D eigenvalue weighted by Gasteiger charge is -2.26. The molecule has 108 valence electrons. The van der Waals surface area contributed by atoms with Gasteiger partial charge in [0.15, 0.2) is 11.6 Å². The SMILES string of the molecule is CCCN(CCC)c1cc(OC(C)C)c(F)cc1N. The third kappa shape index (κ3) is 4.30. The number of rotatable bonds is 7. The Morgan fingerprint density at radius 1 is 1.21 bits per heavy atom. The molecule has 0 saturated carbocycles. The van der Waals surface area contributed by atoms with Gasteiger partial charge in [0.25, 0.3) is 0 Å². The van der Waals surface area contributed by atoms with Gasteiger partial charge in [-0.2, -0.15) is 0 Å². The number of nitrogens with zero attached hydrogens (tertiary/aromatic N) is 1. The number of nitrogens with two attached hydrogens (primary N) is 1. The van der Waals surface area contributed by atoms with Gasteiger partial charge >= 0.3 is 0 Å². The summed E-state index contributed by atoms with van der Waals surface area (Å²) in [5.41, 5.74) is 7.28. The highest BCUT2D eigenvalue weighted by molar-refractivity contribution is 5.70. The molecule has 0 spiro atoms. The molecular weight excluding hydrogens is 243 g/mol. The Hall–Kier alpha value is -1.45. The Bertz CT molecular complexity index is 401. The molecule has 0 amide bonds. The Balaban J connectivity index is 3.09. The first-order valence-corrected chi connectivity index (χ1v) is 7.00. The van der Waals surface area contributed by atoms with Crippen LogP contribution < -0.4 is 15.4 Å². The zero-order chi connectivity index (χ0) is 14.4. The Morgan fingerprint density at radius 2 is 1.79 bits per heavy atom. The molecule has 4 heteroatoms. The van der Waals surface area contributed by atoms with Crippen LogP contribution in [0.3, 0.4) is 0 Å². The summed E-state index contributed by atoms with van der Waals surface area (Å²) in [6.45, 7) is 9.81. The van der Waals surface area contributed by atoms with Gasteiger partial charge in [-0.3, -0.25) is 0 Å². The van der Waals surface area contributed by atoms with Crippen molar-refractivity contribution in [1.82, 2.24) is 0 Å². The van der Waals surface area contributed by atoms with Crippen LogP contribution in [0.25, 0.3) is 0 Å². The largest absolute Gasteiger partial charge is 0.488 e. The molecule has 1 aromatic carbocycles. The molecule has 0 aliphatic rings. The van der Waals surface area contributed by atoms with Crippen LogP contribution >= 0.6 is 0 Å². The predicted octanol–water partition coefficient (Wildman–Crippen LogP) is 3.82. The molecule has 0 aliphatic carbocycles. The highest BCUT2D eigenvalue weighted by atomic mass is 19.1. The van der Waals surface area contributed by atoms with Crippen molar-refractivity contribution in [2.75, 3.05) is 23.7 Å². The van der Waals surface area contributed by atoms with Gasteiger partial charge in [0.1, 0.15) is 0 Å². The summed E-state index contributed by atoms with van der Waals surface area (Å²) in [4.78, 5) is 2.18. The average Bonchev–Trinajstić information content (AvgIpc) is 2.32. The molecule has 0 aromatic heterocycles. The number of ether oxygens (including phenoxy) is 1. The van der Waals surface area contributed by atoms with Gasteiger partial charge in [-0.25, -0.2) is 4.39 Å². The summed E-state index contributed by atoms with van der Waals surface area (Å²) in [5.74, 6) is -0.126. The van der Waals surface area contributed by atoms with E-state index in [1.165, 1.54) is 6.07 Å². The van der Waals surface area contributed by atoms with Gasteiger partial charge in [0.2, 0.25) is 0 Å². The first kappa shape index (κ1) is 15.6. The average molecular weight is 268 g/mol. The van der Waals surface area contributed by atoms with Crippen molar-refractivity contribution in [1.29, 1.82) is 0 Å². The molecule has 0 saturated heterocycles. The van der Waals surface area contributed by atoms with E-state index in [2.05, 4.69) is 18.7 Å². The van der Waals surface area contributed by atoms with E-state index < -0.39 is 5.82 Å². The Labute approximate surface area is 115 Å². The lowest BCUT2D eigenvalue weighted by atomic mass is 10.2. The molecule has 0 heterocycles. The van der Waals surface area contributed by atoms with E-state index in [1.807, 2.05) is 13.8 Å². The number of benzene rings is 1. The number of hydrogen-bond acceptors (Lipinski definition) is 3. The minimum Gasteiger partial charge on any atom is -0.488 e. The van der Waals surface area contributed by atoms with E-state index in [-0.39, 0.29) is 11.9 Å². The normalized spacial score (nSPS) is 10.8. The van der Waals surface area contributed by atoms with Crippen LogP contribution in [0, 0.1) is 5.82 Å². The van der Waals surface area contributed by atoms with E-state index in [4.69, 9.17) is 10.5 Å². The number of halogens is 1. The summed E-state index contributed by atoms with van der Waals surface area (Å²) in [5, 5.41) is 0. The van der Waals surface area contributed by atoms with Gasteiger partial charge in [0, 0.05) is 25.2 Å². The topological polar surface area (TPSA) is 38.5 Å². The molecule has 0 radical (unpaired) electrons. The smallest absolute Gasteiger partial charge is 0.167 e. The Kier molecular flexibility index (Phi) is 5.93. The van der Waals surface area contributed by atoms with Gasteiger partial charge in [0.05, 0.1) is 17.5 Å². The number of nitrogen functional groups attached to an aromatic ring is 1. The van der Waals surface area contributed by atoms with Crippen LogP contribution in [0.2, 0.25) is 0 Å². The molecule has 0 fully saturated rings. The summed E-state index contributed by atoms with van der Waals surface area (Å²) < 4.78 is 19.3. The van der Waals surface area contributed by atoms with E-state index in [0.29, 0.717) is 5.69 Å². The zero-order valence-corrected chi connectivity index (χ0v) is 12.4. The standard InChI is InChI=1S/C15H25FN2O/c1-5-7-18(8-6-2)14-10-15(19-11(3)4)12(16)9-13(14)17/h9-11H,5-8,17H2,1-4H3. The molecule has 0 aliphatic heterocycles. The number of anilines is 2. The van der Waals surface area contributed by atoms with Crippen molar-refractivity contribution in [2.24, 2.45) is 0 Å². The van der Waals surface area contributed by atoms with Crippen LogP contribution in [0.4, 0.5) is 15.8 Å². The van der Waals surface area contributed by atoms with Crippen molar-refractivity contribution >= 4 is 11.4 Å². The molecule has 0 bridgehead atoms. The Morgan fingerprint density at radius 3 is 2.26 bits per heavy atom. The molecule has 3 nitrogen and oxygen atoms in total. The van der Waals surface area contributed by atoms with Crippen LogP contribution in [0.15, 0.2) is 12.1 Å². The fourth-order valence-corrected chi connectivity index (χ4v) is 2.07. The molecule has 1 rings (SSSR count). The minimum atomic E-state index is -0.400. The number of hydrogen-bond donors (Lipinski definition) is 1. The summed E-state index contributed by atoms with van der Waals surface area (Å²) in [7, 11) is 0. The van der Waals surface area contributed by atoms with Gasteiger partial charge in [-0.1, -0.05) is 13.8 Å². The highest BCUT2D eigenvalue weighted by Gasteiger charge is 2.14. The van der Waals surface area contributed by atoms with Crippen LogP contribution in [0.5, 0.6) is 5.75 Å². The van der Waals surface area contributed by atoms with Gasteiger partial charge < -0.3 is 15.4 Å². The fourth-order valence-electron chi connectivity index (χ4n) is 2.07. The third-order valence-electron chi connectivity index (χ3n) is 2.77. The minimum absolute atomic E-state index is 0.0585. The quantitative estimate of drug-likeness (QED) is 0.764. The lowest BCUT2D eigenvalue weighted by molar-refractivity contribution is 0.231. The molecule has 1 aromatic rings. The van der Waals surface area contributed by atoms with Crippen molar-refractivity contribution in [2.45, 2.75) is 46.6 Å². The molecule has 2 N–H and O–H groups in total. The van der Waals surface area contributed by atoms with E-state index in [9.17, 15) is 4.39 Å². The molecule has 0 atom stereocenters. The van der Waals surface area contributed by atoms with Crippen LogP contribution in [0.1, 0.15) is 40.5 Å². The zero-order valence-electron chi connectivity index (χ0n) is 12.4. The maximum absolute atomic E-state index is 13.8. The maximum atomic E-state index is 13.8. The molecular formula is C15H25FN2O. The second-order valence-corrected chi connectivity index (χ2v) is 5.00. The maximum Gasteiger partial charge on any atom is 0.167 e. The van der Waals surface area contributed by atoms with E-state index in [0.717, 1.165) is 31.6 Å². The predicted molar refractivity (Wildman–Crippen MR) is 79.4 cm³/mol. The molecule has 0 unspecified atom stereocenters. The van der Waals surface area contributed by atoms with Crippen molar-refractivity contribution in [3.63, 3.8) is 0 Å².